The second-order valence-electron chi connectivity index (χ2n) is 7.53. The van der Waals surface area contributed by atoms with Crippen LogP contribution in [0.3, 0.4) is 0 Å². The Morgan fingerprint density at radius 1 is 1.30 bits per heavy atom. The number of carbonyl (C=O) groups excluding carboxylic acids is 1. The molecule has 0 spiro atoms. The summed E-state index contributed by atoms with van der Waals surface area (Å²) in [7, 11) is 0. The molecule has 1 unspecified atom stereocenters. The number of fused-ring (bicyclic) bond motifs is 1. The number of morpholine rings is 1. The van der Waals surface area contributed by atoms with Gasteiger partial charge in [0.05, 0.1) is 35.7 Å². The number of hydrogen-bond donors (Lipinski definition) is 0. The predicted molar refractivity (Wildman–Crippen MR) is 104 cm³/mol. The summed E-state index contributed by atoms with van der Waals surface area (Å²) in [5, 5.41) is 3.39. The van der Waals surface area contributed by atoms with Crippen LogP contribution in [0.5, 0.6) is 0 Å². The molecule has 4 heterocycles. The number of hydrogen-bond acceptors (Lipinski definition) is 7. The Bertz CT molecular complexity index is 829. The molecule has 2 aromatic heterocycles. The second-order valence-corrected chi connectivity index (χ2v) is 8.47. The molecule has 2 fully saturated rings. The molecule has 7 heteroatoms. The summed E-state index contributed by atoms with van der Waals surface area (Å²) >= 11 is 1.76. The Balaban J connectivity index is 1.33. The van der Waals surface area contributed by atoms with E-state index in [0.29, 0.717) is 5.92 Å². The van der Waals surface area contributed by atoms with Crippen molar-refractivity contribution in [3.8, 4) is 0 Å². The number of nitrogens with zero attached hydrogens (tertiary/aromatic N) is 4. The van der Waals surface area contributed by atoms with Gasteiger partial charge in [-0.15, -0.1) is 11.3 Å². The average Bonchev–Trinajstić information content (AvgIpc) is 3.34. The highest BCUT2D eigenvalue weighted by molar-refractivity contribution is 7.09. The van der Waals surface area contributed by atoms with Crippen molar-refractivity contribution in [2.45, 2.75) is 37.8 Å². The second kappa shape index (κ2) is 7.30. The van der Waals surface area contributed by atoms with Gasteiger partial charge in [0.1, 0.15) is 6.29 Å². The number of aldehydes is 1. The molecule has 1 atom stereocenters. The fraction of sp³-hybridized carbons (Fsp3) is 0.550. The van der Waals surface area contributed by atoms with Crippen LogP contribution in [0.2, 0.25) is 0 Å². The number of thiazole rings is 1. The van der Waals surface area contributed by atoms with Crippen LogP contribution in [0.1, 0.15) is 46.8 Å². The monoisotopic (exact) mass is 384 g/mol. The minimum Gasteiger partial charge on any atom is -0.378 e. The Labute approximate surface area is 163 Å². The summed E-state index contributed by atoms with van der Waals surface area (Å²) in [6.07, 6.45) is 6.41. The Kier molecular flexibility index (Phi) is 4.67. The molecule has 5 rings (SSSR count). The zero-order chi connectivity index (χ0) is 18.2. The number of rotatable bonds is 6. The lowest BCUT2D eigenvalue weighted by Gasteiger charge is -2.31. The lowest BCUT2D eigenvalue weighted by atomic mass is 10.1. The van der Waals surface area contributed by atoms with Gasteiger partial charge in [0.25, 0.3) is 0 Å². The first-order chi connectivity index (χ1) is 13.3. The molecule has 3 aliphatic rings. The normalized spacial score (nSPS) is 22.8. The fourth-order valence-electron chi connectivity index (χ4n) is 4.12. The fourth-order valence-corrected chi connectivity index (χ4v) is 4.99. The molecule has 0 amide bonds. The lowest BCUT2D eigenvalue weighted by molar-refractivity contribution is -0.112. The Morgan fingerprint density at radius 3 is 2.93 bits per heavy atom. The van der Waals surface area contributed by atoms with Crippen molar-refractivity contribution < 1.29 is 9.53 Å². The van der Waals surface area contributed by atoms with Crippen LogP contribution in [0.15, 0.2) is 17.6 Å². The van der Waals surface area contributed by atoms with Gasteiger partial charge in [-0.2, -0.15) is 0 Å². The molecule has 0 radical (unpaired) electrons. The maximum absolute atomic E-state index is 12.0. The number of ether oxygens (including phenoxy) is 1. The third-order valence-corrected chi connectivity index (χ3v) is 6.68. The third kappa shape index (κ3) is 3.39. The van der Waals surface area contributed by atoms with E-state index < -0.39 is 0 Å². The summed E-state index contributed by atoms with van der Waals surface area (Å²) in [6.45, 7) is 4.77. The van der Waals surface area contributed by atoms with Gasteiger partial charge in [-0.1, -0.05) is 0 Å². The van der Waals surface area contributed by atoms with Crippen molar-refractivity contribution in [2.24, 2.45) is 0 Å². The smallest absolute Gasteiger partial charge is 0.141 e. The van der Waals surface area contributed by atoms with Gasteiger partial charge < -0.3 is 14.4 Å². The first-order valence-corrected chi connectivity index (χ1v) is 10.7. The largest absolute Gasteiger partial charge is 0.378 e. The van der Waals surface area contributed by atoms with E-state index in [4.69, 9.17) is 9.72 Å². The van der Waals surface area contributed by atoms with E-state index >= 15 is 0 Å². The molecule has 1 aliphatic carbocycles. The van der Waals surface area contributed by atoms with E-state index in [1.807, 2.05) is 12.3 Å². The molecule has 2 aromatic rings. The van der Waals surface area contributed by atoms with Gasteiger partial charge in [0.15, 0.2) is 0 Å². The average molecular weight is 385 g/mol. The third-order valence-electron chi connectivity index (χ3n) is 5.75. The predicted octanol–water partition coefficient (Wildman–Crippen LogP) is 2.55. The minimum atomic E-state index is -0.214. The molecule has 2 aliphatic heterocycles. The Hall–Kier alpha value is -1.83. The standard InChI is InChI=1S/C20H24N4O2S/c25-12-18-20-15(21-5-3-17(20)23-7-9-26-10-8-23)11-24(18)6-4-19-22-16(13-27-19)14-1-2-14/h3,5,12-14,18H,1-2,4,6-11H2. The number of carbonyl (C=O) groups is 1. The van der Waals surface area contributed by atoms with Gasteiger partial charge in [-0.3, -0.25) is 9.88 Å². The van der Waals surface area contributed by atoms with Crippen LogP contribution < -0.4 is 4.90 Å². The number of pyridine rings is 1. The molecule has 1 saturated heterocycles. The van der Waals surface area contributed by atoms with Gasteiger partial charge in [0.2, 0.25) is 0 Å². The molecule has 0 bridgehead atoms. The van der Waals surface area contributed by atoms with Gasteiger partial charge >= 0.3 is 0 Å². The number of aromatic nitrogens is 2. The van der Waals surface area contributed by atoms with Crippen molar-refractivity contribution in [2.75, 3.05) is 37.7 Å². The highest BCUT2D eigenvalue weighted by Crippen LogP contribution is 2.41. The van der Waals surface area contributed by atoms with Crippen molar-refractivity contribution in [1.29, 1.82) is 0 Å². The lowest BCUT2D eigenvalue weighted by Crippen LogP contribution is -2.37. The van der Waals surface area contributed by atoms with Crippen LogP contribution in [0, 0.1) is 0 Å². The summed E-state index contributed by atoms with van der Waals surface area (Å²) in [5.74, 6) is 0.703. The van der Waals surface area contributed by atoms with Crippen molar-refractivity contribution in [3.63, 3.8) is 0 Å². The highest BCUT2D eigenvalue weighted by Gasteiger charge is 2.35. The van der Waals surface area contributed by atoms with E-state index in [-0.39, 0.29) is 6.04 Å². The number of anilines is 1. The molecule has 142 valence electrons. The highest BCUT2D eigenvalue weighted by atomic mass is 32.1. The summed E-state index contributed by atoms with van der Waals surface area (Å²) in [4.78, 5) is 25.9. The summed E-state index contributed by atoms with van der Waals surface area (Å²) < 4.78 is 5.48. The van der Waals surface area contributed by atoms with Crippen LogP contribution in [-0.2, 0) is 22.5 Å². The first-order valence-electron chi connectivity index (χ1n) is 9.77. The van der Waals surface area contributed by atoms with Crippen LogP contribution in [0.25, 0.3) is 0 Å². The van der Waals surface area contributed by atoms with Gasteiger partial charge in [0, 0.05) is 61.3 Å². The summed E-state index contributed by atoms with van der Waals surface area (Å²) in [5.41, 5.74) is 4.54. The topological polar surface area (TPSA) is 58.6 Å². The van der Waals surface area contributed by atoms with E-state index in [1.165, 1.54) is 23.5 Å². The molecular weight excluding hydrogens is 360 g/mol. The maximum Gasteiger partial charge on any atom is 0.141 e. The van der Waals surface area contributed by atoms with Crippen molar-refractivity contribution in [3.05, 3.63) is 39.6 Å². The molecule has 1 saturated carbocycles. The first kappa shape index (κ1) is 17.3. The van der Waals surface area contributed by atoms with E-state index in [1.54, 1.807) is 11.3 Å². The Morgan fingerprint density at radius 2 is 2.15 bits per heavy atom. The molecule has 27 heavy (non-hydrogen) atoms. The van der Waals surface area contributed by atoms with E-state index in [9.17, 15) is 4.79 Å². The van der Waals surface area contributed by atoms with Crippen LogP contribution in [0.4, 0.5) is 5.69 Å². The van der Waals surface area contributed by atoms with Crippen molar-refractivity contribution in [1.82, 2.24) is 14.9 Å². The van der Waals surface area contributed by atoms with Crippen LogP contribution >= 0.6 is 11.3 Å². The molecular formula is C20H24N4O2S. The van der Waals surface area contributed by atoms with Gasteiger partial charge in [-0.25, -0.2) is 4.98 Å². The zero-order valence-corrected chi connectivity index (χ0v) is 16.2. The minimum absolute atomic E-state index is 0.214. The molecule has 0 N–H and O–H groups in total. The SMILES string of the molecule is O=CC1c2c(N3CCOCC3)ccnc2CN1CCc1nc(C2CC2)cs1. The van der Waals surface area contributed by atoms with E-state index in [2.05, 4.69) is 20.2 Å². The zero-order valence-electron chi connectivity index (χ0n) is 15.3. The summed E-state index contributed by atoms with van der Waals surface area (Å²) in [6, 6.07) is 1.83. The molecule has 0 aromatic carbocycles. The van der Waals surface area contributed by atoms with Crippen LogP contribution in [-0.4, -0.2) is 54.0 Å². The van der Waals surface area contributed by atoms with Gasteiger partial charge in [-0.05, 0) is 18.9 Å². The van der Waals surface area contributed by atoms with Crippen molar-refractivity contribution >= 4 is 23.3 Å². The van der Waals surface area contributed by atoms with E-state index in [0.717, 1.165) is 69.0 Å². The maximum atomic E-state index is 12.0. The molecule has 6 nitrogen and oxygen atoms in total. The quantitative estimate of drug-likeness (QED) is 0.714.